The largest absolute Gasteiger partial charge is 0.433 e. The van der Waals surface area contributed by atoms with Gasteiger partial charge in [0.15, 0.2) is 11.9 Å². The number of hydrogen-bond donors (Lipinski definition) is 0. The van der Waals surface area contributed by atoms with Gasteiger partial charge >= 0.3 is 6.18 Å². The van der Waals surface area contributed by atoms with Crippen LogP contribution in [0.25, 0.3) is 11.2 Å². The van der Waals surface area contributed by atoms with Crippen LogP contribution in [-0.2, 0) is 17.3 Å². The Hall–Kier alpha value is -3.02. The van der Waals surface area contributed by atoms with Crippen molar-refractivity contribution in [2.24, 2.45) is 5.41 Å². The topological polar surface area (TPSA) is 85.1 Å². The van der Waals surface area contributed by atoms with Crippen LogP contribution in [0.2, 0.25) is 0 Å². The molecule has 1 atom stereocenters. The minimum atomic E-state index is -4.49. The number of aryl methyl sites for hydroxylation is 2. The summed E-state index contributed by atoms with van der Waals surface area (Å²) in [4.78, 5) is 21.7. The SMILES string of the molecule is CCc1nn(C2CCCCO2)c2nc(N3CCC4(CN(c5cc(C(F)(F)F)nc(C)n5)C4)C3)cnc12. The molecule has 6 rings (SSSR count). The van der Waals surface area contributed by atoms with E-state index in [0.29, 0.717) is 18.9 Å². The highest BCUT2D eigenvalue weighted by atomic mass is 19.4. The van der Waals surface area contributed by atoms with Crippen LogP contribution >= 0.6 is 0 Å². The third-order valence-corrected chi connectivity index (χ3v) is 7.48. The van der Waals surface area contributed by atoms with E-state index in [1.54, 1.807) is 0 Å². The van der Waals surface area contributed by atoms with Crippen LogP contribution in [0.5, 0.6) is 0 Å². The number of ether oxygens (including phenoxy) is 1. The number of nitrogens with zero attached hydrogens (tertiary/aromatic N) is 8. The van der Waals surface area contributed by atoms with Gasteiger partial charge in [-0.1, -0.05) is 6.92 Å². The van der Waals surface area contributed by atoms with Crippen molar-refractivity contribution in [1.29, 1.82) is 0 Å². The van der Waals surface area contributed by atoms with Crippen LogP contribution in [0.4, 0.5) is 24.8 Å². The van der Waals surface area contributed by atoms with Gasteiger partial charge in [-0.25, -0.2) is 24.6 Å². The molecule has 9 nitrogen and oxygen atoms in total. The summed E-state index contributed by atoms with van der Waals surface area (Å²) in [5.41, 5.74) is 1.59. The maximum Gasteiger partial charge on any atom is 0.433 e. The normalized spacial score (nSPS) is 22.0. The molecule has 3 saturated heterocycles. The van der Waals surface area contributed by atoms with Gasteiger partial charge in [-0.05, 0) is 39.0 Å². The summed E-state index contributed by atoms with van der Waals surface area (Å²) < 4.78 is 47.5. The second kappa shape index (κ2) is 8.53. The van der Waals surface area contributed by atoms with Gasteiger partial charge in [-0.15, -0.1) is 0 Å². The van der Waals surface area contributed by atoms with Crippen molar-refractivity contribution in [2.75, 3.05) is 42.6 Å². The Morgan fingerprint density at radius 2 is 1.89 bits per heavy atom. The number of fused-ring (bicyclic) bond motifs is 1. The molecule has 0 aromatic carbocycles. The van der Waals surface area contributed by atoms with Crippen LogP contribution in [0.1, 0.15) is 56.0 Å². The molecule has 0 saturated carbocycles. The zero-order valence-electron chi connectivity index (χ0n) is 20.4. The summed E-state index contributed by atoms with van der Waals surface area (Å²) in [7, 11) is 0. The van der Waals surface area contributed by atoms with E-state index in [-0.39, 0.29) is 17.5 Å². The van der Waals surface area contributed by atoms with E-state index in [0.717, 1.165) is 80.5 Å². The molecule has 12 heteroatoms. The number of alkyl halides is 3. The first-order valence-corrected chi connectivity index (χ1v) is 12.5. The smallest absolute Gasteiger partial charge is 0.356 e. The van der Waals surface area contributed by atoms with Crippen molar-refractivity contribution in [3.8, 4) is 0 Å². The van der Waals surface area contributed by atoms with Gasteiger partial charge in [0.25, 0.3) is 0 Å². The summed E-state index contributed by atoms with van der Waals surface area (Å²) in [5, 5.41) is 4.78. The lowest BCUT2D eigenvalue weighted by molar-refractivity contribution is -0.141. The summed E-state index contributed by atoms with van der Waals surface area (Å²) in [6, 6.07) is 1.05. The van der Waals surface area contributed by atoms with Gasteiger partial charge in [0.1, 0.15) is 28.7 Å². The summed E-state index contributed by atoms with van der Waals surface area (Å²) in [6.07, 6.45) is 1.99. The molecule has 36 heavy (non-hydrogen) atoms. The van der Waals surface area contributed by atoms with E-state index < -0.39 is 11.9 Å². The Balaban J connectivity index is 1.20. The van der Waals surface area contributed by atoms with E-state index in [2.05, 4.69) is 21.8 Å². The quantitative estimate of drug-likeness (QED) is 0.531. The van der Waals surface area contributed by atoms with E-state index in [1.807, 2.05) is 15.8 Å². The fourth-order valence-corrected chi connectivity index (χ4v) is 5.64. The Morgan fingerprint density at radius 3 is 2.61 bits per heavy atom. The highest BCUT2D eigenvalue weighted by Gasteiger charge is 2.49. The molecule has 1 spiro atoms. The minimum Gasteiger partial charge on any atom is -0.356 e. The Labute approximate surface area is 206 Å². The standard InChI is InChI=1S/C24H29F3N8O/c1-3-16-21-22(35(32-16)20-6-4-5-9-36-20)31-19(11-28-21)33-8-7-23(12-33)13-34(14-23)18-10-17(24(25,26)27)29-15(2)30-18/h10-11,20H,3-9,12-14H2,1-2H3. The number of anilines is 2. The van der Waals surface area contributed by atoms with Crippen molar-refractivity contribution >= 4 is 22.8 Å². The fraction of sp³-hybridized carbons (Fsp3) is 0.625. The van der Waals surface area contributed by atoms with Crippen LogP contribution < -0.4 is 9.80 Å². The lowest BCUT2D eigenvalue weighted by Crippen LogP contribution is -2.58. The molecule has 192 valence electrons. The van der Waals surface area contributed by atoms with Gasteiger partial charge in [0.05, 0.1) is 11.9 Å². The van der Waals surface area contributed by atoms with E-state index in [4.69, 9.17) is 19.8 Å². The Bertz CT molecular complexity index is 1280. The first-order valence-electron chi connectivity index (χ1n) is 12.5. The Morgan fingerprint density at radius 1 is 1.08 bits per heavy atom. The van der Waals surface area contributed by atoms with Gasteiger partial charge in [-0.3, -0.25) is 0 Å². The number of aromatic nitrogens is 6. The molecule has 3 aromatic rings. The minimum absolute atomic E-state index is 0.00477. The predicted octanol–water partition coefficient (Wildman–Crippen LogP) is 3.92. The van der Waals surface area contributed by atoms with Crippen LogP contribution in [0.3, 0.4) is 0 Å². The van der Waals surface area contributed by atoms with E-state index in [9.17, 15) is 13.2 Å². The first-order chi connectivity index (χ1) is 17.2. The van der Waals surface area contributed by atoms with E-state index >= 15 is 0 Å². The molecule has 0 bridgehead atoms. The summed E-state index contributed by atoms with van der Waals surface area (Å²) in [5.74, 6) is 1.26. The van der Waals surface area contributed by atoms with Gasteiger partial charge in [0.2, 0.25) is 0 Å². The summed E-state index contributed by atoms with van der Waals surface area (Å²) >= 11 is 0. The molecule has 3 aromatic heterocycles. The molecular weight excluding hydrogens is 473 g/mol. The van der Waals surface area contributed by atoms with Crippen LogP contribution in [-0.4, -0.2) is 62.5 Å². The van der Waals surface area contributed by atoms with Crippen molar-refractivity contribution < 1.29 is 17.9 Å². The van der Waals surface area contributed by atoms with E-state index in [1.165, 1.54) is 6.92 Å². The monoisotopic (exact) mass is 502 g/mol. The number of rotatable bonds is 4. The zero-order valence-corrected chi connectivity index (χ0v) is 20.4. The average Bonchev–Trinajstić information content (AvgIpc) is 3.45. The molecule has 6 heterocycles. The highest BCUT2D eigenvalue weighted by Crippen LogP contribution is 2.43. The lowest BCUT2D eigenvalue weighted by atomic mass is 9.79. The van der Waals surface area contributed by atoms with Gasteiger partial charge < -0.3 is 14.5 Å². The third-order valence-electron chi connectivity index (χ3n) is 7.48. The van der Waals surface area contributed by atoms with Crippen LogP contribution in [0, 0.1) is 12.3 Å². The molecule has 1 unspecified atom stereocenters. The maximum atomic E-state index is 13.2. The third kappa shape index (κ3) is 4.04. The Kier molecular flexibility index (Phi) is 5.54. The highest BCUT2D eigenvalue weighted by molar-refractivity contribution is 5.75. The maximum absolute atomic E-state index is 13.2. The van der Waals surface area contributed by atoms with Crippen molar-refractivity contribution in [3.63, 3.8) is 0 Å². The van der Waals surface area contributed by atoms with Crippen molar-refractivity contribution in [1.82, 2.24) is 29.7 Å². The first kappa shape index (κ1) is 23.4. The molecule has 3 aliphatic heterocycles. The second-order valence-corrected chi connectivity index (χ2v) is 10.2. The molecule has 0 radical (unpaired) electrons. The molecule has 3 fully saturated rings. The lowest BCUT2D eigenvalue weighted by Gasteiger charge is -2.48. The molecule has 0 aliphatic carbocycles. The van der Waals surface area contributed by atoms with Crippen molar-refractivity contribution in [3.05, 3.63) is 29.5 Å². The zero-order chi connectivity index (χ0) is 25.1. The molecule has 3 aliphatic rings. The molecular formula is C24H29F3N8O. The average molecular weight is 503 g/mol. The number of hydrogen-bond acceptors (Lipinski definition) is 8. The fourth-order valence-electron chi connectivity index (χ4n) is 5.64. The van der Waals surface area contributed by atoms with Gasteiger partial charge in [0, 0.05) is 44.3 Å². The van der Waals surface area contributed by atoms with Gasteiger partial charge in [-0.2, -0.15) is 18.3 Å². The molecule has 0 N–H and O–H groups in total. The second-order valence-electron chi connectivity index (χ2n) is 10.2. The predicted molar refractivity (Wildman–Crippen MR) is 127 cm³/mol. The van der Waals surface area contributed by atoms with Crippen LogP contribution in [0.15, 0.2) is 12.3 Å². The van der Waals surface area contributed by atoms with Crippen molar-refractivity contribution in [2.45, 2.75) is 58.4 Å². The number of halogens is 3. The molecule has 0 amide bonds. The summed E-state index contributed by atoms with van der Waals surface area (Å²) in [6.45, 7) is 7.18.